The van der Waals surface area contributed by atoms with E-state index in [0.717, 1.165) is 42.5 Å². The summed E-state index contributed by atoms with van der Waals surface area (Å²) in [7, 11) is 0. The van der Waals surface area contributed by atoms with Crippen molar-refractivity contribution in [3.05, 3.63) is 43.0 Å². The summed E-state index contributed by atoms with van der Waals surface area (Å²) in [6.07, 6.45) is 8.97. The van der Waals surface area contributed by atoms with Crippen molar-refractivity contribution >= 4 is 11.6 Å². The zero-order valence-electron chi connectivity index (χ0n) is 13.3. The van der Waals surface area contributed by atoms with Gasteiger partial charge in [-0.15, -0.1) is 0 Å². The van der Waals surface area contributed by atoms with Crippen molar-refractivity contribution in [1.29, 1.82) is 0 Å². The number of hydrogen-bond acceptors (Lipinski definition) is 4. The van der Waals surface area contributed by atoms with Gasteiger partial charge in [0.05, 0.1) is 5.92 Å². The summed E-state index contributed by atoms with van der Waals surface area (Å²) >= 11 is 0. The summed E-state index contributed by atoms with van der Waals surface area (Å²) in [6.45, 7) is 1.98. The summed E-state index contributed by atoms with van der Waals surface area (Å²) in [5, 5.41) is 3.00. The lowest BCUT2D eigenvalue weighted by atomic mass is 9.74. The Hall–Kier alpha value is -2.27. The number of nitrogens with one attached hydrogen (secondary N) is 1. The lowest BCUT2D eigenvalue weighted by molar-refractivity contribution is -0.122. The van der Waals surface area contributed by atoms with Crippen LogP contribution in [0, 0.1) is 5.92 Å². The Labute approximate surface area is 136 Å². The molecule has 0 spiro atoms. The fourth-order valence-corrected chi connectivity index (χ4v) is 3.21. The molecular weight excluding hydrogens is 288 g/mol. The number of hydrogen-bond donors (Lipinski definition) is 2. The van der Waals surface area contributed by atoms with Crippen molar-refractivity contribution in [2.75, 3.05) is 5.32 Å². The number of carbonyl (C=O) groups is 1. The van der Waals surface area contributed by atoms with Crippen molar-refractivity contribution in [1.82, 2.24) is 9.97 Å². The van der Waals surface area contributed by atoms with Crippen LogP contribution in [0.25, 0.3) is 11.1 Å². The molecule has 2 atom stereocenters. The molecule has 1 amide bonds. The van der Waals surface area contributed by atoms with E-state index in [1.165, 1.54) is 6.33 Å². The number of anilines is 1. The van der Waals surface area contributed by atoms with Gasteiger partial charge in [-0.1, -0.05) is 25.0 Å². The molecule has 1 aliphatic rings. The van der Waals surface area contributed by atoms with Crippen LogP contribution in [0.2, 0.25) is 0 Å². The SMILES string of the molecule is CC1(N)CCCCC1C(=O)Nc1ccc(-c2cncnc2)cc1. The van der Waals surface area contributed by atoms with E-state index in [1.807, 2.05) is 31.2 Å². The second kappa shape index (κ2) is 6.46. The third kappa shape index (κ3) is 3.56. The van der Waals surface area contributed by atoms with Crippen LogP contribution in [0.15, 0.2) is 43.0 Å². The molecule has 3 N–H and O–H groups in total. The van der Waals surface area contributed by atoms with E-state index < -0.39 is 5.54 Å². The average molecular weight is 310 g/mol. The molecule has 3 rings (SSSR count). The first-order valence-corrected chi connectivity index (χ1v) is 8.01. The molecule has 2 unspecified atom stereocenters. The van der Waals surface area contributed by atoms with Gasteiger partial charge in [0.15, 0.2) is 0 Å². The molecule has 1 aliphatic carbocycles. The fourth-order valence-electron chi connectivity index (χ4n) is 3.21. The first kappa shape index (κ1) is 15.6. The van der Waals surface area contributed by atoms with Gasteiger partial charge in [0, 0.05) is 29.2 Å². The number of nitrogens with zero attached hydrogens (tertiary/aromatic N) is 2. The van der Waals surface area contributed by atoms with Crippen molar-refractivity contribution < 1.29 is 4.79 Å². The second-order valence-corrected chi connectivity index (χ2v) is 6.50. The van der Waals surface area contributed by atoms with Crippen LogP contribution in [-0.2, 0) is 4.79 Å². The molecule has 5 heteroatoms. The van der Waals surface area contributed by atoms with Crippen molar-refractivity contribution in [3.63, 3.8) is 0 Å². The van der Waals surface area contributed by atoms with Gasteiger partial charge in [0.1, 0.15) is 6.33 Å². The third-order valence-electron chi connectivity index (χ3n) is 4.62. The van der Waals surface area contributed by atoms with Crippen LogP contribution in [0.3, 0.4) is 0 Å². The van der Waals surface area contributed by atoms with Gasteiger partial charge in [-0.25, -0.2) is 9.97 Å². The maximum absolute atomic E-state index is 12.5. The van der Waals surface area contributed by atoms with Gasteiger partial charge >= 0.3 is 0 Å². The minimum atomic E-state index is -0.413. The molecule has 5 nitrogen and oxygen atoms in total. The molecule has 1 aromatic heterocycles. The number of carbonyl (C=O) groups excluding carboxylic acids is 1. The summed E-state index contributed by atoms with van der Waals surface area (Å²) in [4.78, 5) is 20.6. The quantitative estimate of drug-likeness (QED) is 0.913. The Bertz CT molecular complexity index is 667. The van der Waals surface area contributed by atoms with E-state index in [0.29, 0.717) is 0 Å². The Balaban J connectivity index is 1.70. The van der Waals surface area contributed by atoms with Crippen molar-refractivity contribution in [3.8, 4) is 11.1 Å². The van der Waals surface area contributed by atoms with E-state index in [9.17, 15) is 4.79 Å². The maximum atomic E-state index is 12.5. The molecule has 0 aliphatic heterocycles. The first-order chi connectivity index (χ1) is 11.1. The van der Waals surface area contributed by atoms with Gasteiger partial charge in [-0.05, 0) is 37.5 Å². The normalized spacial score (nSPS) is 24.2. The van der Waals surface area contributed by atoms with E-state index >= 15 is 0 Å². The zero-order valence-corrected chi connectivity index (χ0v) is 13.3. The lowest BCUT2D eigenvalue weighted by Crippen LogP contribution is -2.51. The monoisotopic (exact) mass is 310 g/mol. The van der Waals surface area contributed by atoms with Gasteiger partial charge in [0.2, 0.25) is 5.91 Å². The summed E-state index contributed by atoms with van der Waals surface area (Å²) in [5.74, 6) is -0.107. The molecule has 23 heavy (non-hydrogen) atoms. The highest BCUT2D eigenvalue weighted by Gasteiger charge is 2.37. The topological polar surface area (TPSA) is 80.9 Å². The van der Waals surface area contributed by atoms with Crippen LogP contribution in [0.1, 0.15) is 32.6 Å². The Morgan fingerprint density at radius 1 is 1.17 bits per heavy atom. The van der Waals surface area contributed by atoms with Crippen LogP contribution >= 0.6 is 0 Å². The Morgan fingerprint density at radius 3 is 2.52 bits per heavy atom. The predicted octanol–water partition coefficient (Wildman–Crippen LogP) is 2.99. The van der Waals surface area contributed by atoms with Gasteiger partial charge in [-0.3, -0.25) is 4.79 Å². The Kier molecular flexibility index (Phi) is 4.39. The van der Waals surface area contributed by atoms with Crippen LogP contribution in [-0.4, -0.2) is 21.4 Å². The fraction of sp³-hybridized carbons (Fsp3) is 0.389. The molecule has 0 saturated heterocycles. The van der Waals surface area contributed by atoms with E-state index in [4.69, 9.17) is 5.73 Å². The van der Waals surface area contributed by atoms with E-state index in [1.54, 1.807) is 12.4 Å². The molecule has 1 fully saturated rings. The lowest BCUT2D eigenvalue weighted by Gasteiger charge is -2.37. The number of benzene rings is 1. The highest BCUT2D eigenvalue weighted by atomic mass is 16.1. The molecule has 0 bridgehead atoms. The van der Waals surface area contributed by atoms with Crippen molar-refractivity contribution in [2.45, 2.75) is 38.1 Å². The van der Waals surface area contributed by atoms with Crippen molar-refractivity contribution in [2.24, 2.45) is 11.7 Å². The highest BCUT2D eigenvalue weighted by molar-refractivity contribution is 5.93. The summed E-state index contributed by atoms with van der Waals surface area (Å²) in [5.41, 5.74) is 8.65. The van der Waals surface area contributed by atoms with Gasteiger partial charge in [-0.2, -0.15) is 0 Å². The summed E-state index contributed by atoms with van der Waals surface area (Å²) in [6, 6.07) is 7.71. The highest BCUT2D eigenvalue weighted by Crippen LogP contribution is 2.32. The molecule has 120 valence electrons. The number of aromatic nitrogens is 2. The molecule has 2 aromatic rings. The van der Waals surface area contributed by atoms with Crippen LogP contribution in [0.5, 0.6) is 0 Å². The smallest absolute Gasteiger partial charge is 0.229 e. The third-order valence-corrected chi connectivity index (χ3v) is 4.62. The van der Waals surface area contributed by atoms with E-state index in [2.05, 4.69) is 15.3 Å². The second-order valence-electron chi connectivity index (χ2n) is 6.50. The first-order valence-electron chi connectivity index (χ1n) is 8.01. The zero-order chi connectivity index (χ0) is 16.3. The summed E-state index contributed by atoms with van der Waals surface area (Å²) < 4.78 is 0. The minimum Gasteiger partial charge on any atom is -0.326 e. The maximum Gasteiger partial charge on any atom is 0.229 e. The molecule has 1 aromatic carbocycles. The molecule has 1 heterocycles. The average Bonchev–Trinajstić information content (AvgIpc) is 2.56. The standard InChI is InChI=1S/C18H22N4O/c1-18(19)9-3-2-4-16(18)17(23)22-15-7-5-13(6-8-15)14-10-20-12-21-11-14/h5-8,10-12,16H,2-4,9,19H2,1H3,(H,22,23). The molecule has 0 radical (unpaired) electrons. The van der Waals surface area contributed by atoms with Crippen LogP contribution < -0.4 is 11.1 Å². The van der Waals surface area contributed by atoms with Crippen LogP contribution in [0.4, 0.5) is 5.69 Å². The Morgan fingerprint density at radius 2 is 1.87 bits per heavy atom. The molecular formula is C18H22N4O. The minimum absolute atomic E-state index is 0.0190. The molecule has 1 saturated carbocycles. The number of rotatable bonds is 3. The van der Waals surface area contributed by atoms with Gasteiger partial charge in [0.25, 0.3) is 0 Å². The van der Waals surface area contributed by atoms with E-state index in [-0.39, 0.29) is 11.8 Å². The number of nitrogens with two attached hydrogens (primary N) is 1. The van der Waals surface area contributed by atoms with Gasteiger partial charge < -0.3 is 11.1 Å². The number of amides is 1. The largest absolute Gasteiger partial charge is 0.326 e. The predicted molar refractivity (Wildman–Crippen MR) is 90.6 cm³/mol.